The summed E-state index contributed by atoms with van der Waals surface area (Å²) in [6.07, 6.45) is 1.89. The maximum absolute atomic E-state index is 11.1. The molecule has 26 heavy (non-hydrogen) atoms. The van der Waals surface area contributed by atoms with Crippen LogP contribution in [0.15, 0.2) is 5.38 Å². The van der Waals surface area contributed by atoms with Crippen molar-refractivity contribution in [2.75, 3.05) is 7.05 Å². The fourth-order valence-corrected chi connectivity index (χ4v) is 4.16. The Bertz CT molecular complexity index is 762. The van der Waals surface area contributed by atoms with E-state index in [9.17, 15) is 4.79 Å². The predicted octanol–water partition coefficient (Wildman–Crippen LogP) is 2.41. The second-order valence-electron chi connectivity index (χ2n) is 7.60. The molecule has 1 N–H and O–H groups in total. The van der Waals surface area contributed by atoms with Crippen LogP contribution in [0, 0.1) is 0 Å². The van der Waals surface area contributed by atoms with Gasteiger partial charge in [-0.3, -0.25) is 9.69 Å². The predicted molar refractivity (Wildman–Crippen MR) is 102 cm³/mol. The van der Waals surface area contributed by atoms with E-state index in [1.807, 2.05) is 7.05 Å². The van der Waals surface area contributed by atoms with Crippen LogP contribution >= 0.6 is 11.3 Å². The first-order chi connectivity index (χ1) is 12.3. The highest BCUT2D eigenvalue weighted by molar-refractivity contribution is 7.09. The van der Waals surface area contributed by atoms with Gasteiger partial charge >= 0.3 is 0 Å². The summed E-state index contributed by atoms with van der Waals surface area (Å²) in [7, 11) is 4.11. The molecule has 1 amide bonds. The molecule has 2 aromatic heterocycles. The van der Waals surface area contributed by atoms with Crippen molar-refractivity contribution in [3.63, 3.8) is 0 Å². The molecular formula is C18H28N6OS. The van der Waals surface area contributed by atoms with Crippen LogP contribution in [0.3, 0.4) is 0 Å². The summed E-state index contributed by atoms with van der Waals surface area (Å²) < 4.78 is 2.10. The Labute approximate surface area is 158 Å². The van der Waals surface area contributed by atoms with E-state index in [2.05, 4.69) is 51.3 Å². The third kappa shape index (κ3) is 4.29. The standard InChI is InChI=1S/C18H28N6OS/c1-11(2)18-20-15(10-26-18)8-23(4)9-16-21-22-17(24(16)5)13-6-14(7-13)19-12(3)25/h10-11,13-14H,6-9H2,1-5H3,(H,19,25). The van der Waals surface area contributed by atoms with E-state index in [0.29, 0.717) is 11.8 Å². The largest absolute Gasteiger partial charge is 0.354 e. The van der Waals surface area contributed by atoms with E-state index in [1.54, 1.807) is 18.3 Å². The number of rotatable bonds is 7. The molecule has 1 aliphatic rings. The Balaban J connectivity index is 1.55. The summed E-state index contributed by atoms with van der Waals surface area (Å²) in [5.74, 6) is 2.88. The normalized spacial score (nSPS) is 19.8. The number of nitrogens with one attached hydrogen (secondary N) is 1. The second kappa shape index (κ2) is 7.84. The van der Waals surface area contributed by atoms with Gasteiger partial charge in [-0.15, -0.1) is 21.5 Å². The van der Waals surface area contributed by atoms with Crippen molar-refractivity contribution >= 4 is 17.2 Å². The van der Waals surface area contributed by atoms with Crippen LogP contribution in [0.2, 0.25) is 0 Å². The molecule has 2 heterocycles. The van der Waals surface area contributed by atoms with Crippen molar-refractivity contribution in [3.8, 4) is 0 Å². The van der Waals surface area contributed by atoms with Gasteiger partial charge < -0.3 is 9.88 Å². The monoisotopic (exact) mass is 376 g/mol. The van der Waals surface area contributed by atoms with Crippen LogP contribution in [0.5, 0.6) is 0 Å². The quantitative estimate of drug-likeness (QED) is 0.803. The van der Waals surface area contributed by atoms with Crippen LogP contribution in [-0.2, 0) is 24.9 Å². The zero-order valence-electron chi connectivity index (χ0n) is 16.2. The minimum Gasteiger partial charge on any atom is -0.354 e. The average molecular weight is 377 g/mol. The first-order valence-corrected chi connectivity index (χ1v) is 9.99. The van der Waals surface area contributed by atoms with Crippen molar-refractivity contribution in [1.29, 1.82) is 0 Å². The molecule has 8 heteroatoms. The van der Waals surface area contributed by atoms with E-state index in [0.717, 1.165) is 43.3 Å². The van der Waals surface area contributed by atoms with E-state index in [4.69, 9.17) is 4.98 Å². The molecule has 7 nitrogen and oxygen atoms in total. The Morgan fingerprint density at radius 3 is 2.73 bits per heavy atom. The zero-order chi connectivity index (χ0) is 18.8. The molecule has 0 atom stereocenters. The molecule has 0 spiro atoms. The van der Waals surface area contributed by atoms with Gasteiger partial charge in [0, 0.05) is 43.8 Å². The van der Waals surface area contributed by atoms with Gasteiger partial charge in [-0.05, 0) is 19.9 Å². The van der Waals surface area contributed by atoms with Crippen LogP contribution in [0.4, 0.5) is 0 Å². The molecule has 0 saturated heterocycles. The summed E-state index contributed by atoms with van der Waals surface area (Å²) >= 11 is 1.73. The van der Waals surface area contributed by atoms with Gasteiger partial charge in [-0.25, -0.2) is 4.98 Å². The fraction of sp³-hybridized carbons (Fsp3) is 0.667. The fourth-order valence-electron chi connectivity index (χ4n) is 3.34. The van der Waals surface area contributed by atoms with Crippen LogP contribution < -0.4 is 5.32 Å². The smallest absolute Gasteiger partial charge is 0.217 e. The number of hydrogen-bond acceptors (Lipinski definition) is 6. The van der Waals surface area contributed by atoms with Crippen molar-refractivity contribution in [3.05, 3.63) is 27.7 Å². The summed E-state index contributed by atoms with van der Waals surface area (Å²) in [5, 5.41) is 15.1. The number of amides is 1. The number of carbonyl (C=O) groups excluding carboxylic acids is 1. The summed E-state index contributed by atoms with van der Waals surface area (Å²) in [6, 6.07) is 0.278. The molecule has 0 unspecified atom stereocenters. The second-order valence-corrected chi connectivity index (χ2v) is 8.49. The Kier molecular flexibility index (Phi) is 5.72. The molecule has 1 aliphatic carbocycles. The third-order valence-corrected chi connectivity index (χ3v) is 6.01. The van der Waals surface area contributed by atoms with Gasteiger partial charge in [0.2, 0.25) is 5.91 Å². The van der Waals surface area contributed by atoms with Gasteiger partial charge in [0.1, 0.15) is 11.6 Å². The van der Waals surface area contributed by atoms with Gasteiger partial charge in [-0.2, -0.15) is 0 Å². The Hall–Kier alpha value is -1.80. The average Bonchev–Trinajstić information content (AvgIpc) is 3.11. The summed E-state index contributed by atoms with van der Waals surface area (Å²) in [5.41, 5.74) is 1.11. The molecular weight excluding hydrogens is 348 g/mol. The van der Waals surface area contributed by atoms with Crippen LogP contribution in [0.25, 0.3) is 0 Å². The number of hydrogen-bond donors (Lipinski definition) is 1. The van der Waals surface area contributed by atoms with E-state index in [1.165, 1.54) is 5.01 Å². The molecule has 0 aliphatic heterocycles. The number of carbonyl (C=O) groups is 1. The zero-order valence-corrected chi connectivity index (χ0v) is 17.0. The molecule has 0 aromatic carbocycles. The molecule has 2 aromatic rings. The number of aromatic nitrogens is 4. The van der Waals surface area contributed by atoms with Crippen LogP contribution in [-0.4, -0.2) is 43.6 Å². The highest BCUT2D eigenvalue weighted by Crippen LogP contribution is 2.35. The van der Waals surface area contributed by atoms with Gasteiger partial charge in [0.15, 0.2) is 0 Å². The van der Waals surface area contributed by atoms with Crippen molar-refractivity contribution < 1.29 is 4.79 Å². The van der Waals surface area contributed by atoms with E-state index >= 15 is 0 Å². The SMILES string of the molecule is CC(=O)NC1CC(c2nnc(CN(C)Cc3csc(C(C)C)n3)n2C)C1. The lowest BCUT2D eigenvalue weighted by Gasteiger charge is -2.34. The highest BCUT2D eigenvalue weighted by Gasteiger charge is 2.34. The molecule has 1 saturated carbocycles. The van der Waals surface area contributed by atoms with Crippen molar-refractivity contribution in [2.45, 2.75) is 64.6 Å². The lowest BCUT2D eigenvalue weighted by Crippen LogP contribution is -2.43. The maximum Gasteiger partial charge on any atom is 0.217 e. The van der Waals surface area contributed by atoms with E-state index in [-0.39, 0.29) is 11.9 Å². The minimum absolute atomic E-state index is 0.0383. The van der Waals surface area contributed by atoms with Gasteiger partial charge in [0.25, 0.3) is 0 Å². The lowest BCUT2D eigenvalue weighted by molar-refractivity contribution is -0.120. The number of thiazole rings is 1. The maximum atomic E-state index is 11.1. The molecule has 1 fully saturated rings. The van der Waals surface area contributed by atoms with Gasteiger partial charge in [-0.1, -0.05) is 13.8 Å². The summed E-state index contributed by atoms with van der Waals surface area (Å²) in [4.78, 5) is 18.0. The summed E-state index contributed by atoms with van der Waals surface area (Å²) in [6.45, 7) is 7.45. The van der Waals surface area contributed by atoms with E-state index < -0.39 is 0 Å². The number of nitrogens with zero attached hydrogens (tertiary/aromatic N) is 5. The molecule has 142 valence electrons. The van der Waals surface area contributed by atoms with Crippen LogP contribution in [0.1, 0.15) is 67.8 Å². The highest BCUT2D eigenvalue weighted by atomic mass is 32.1. The molecule has 3 rings (SSSR count). The van der Waals surface area contributed by atoms with Crippen molar-refractivity contribution in [1.82, 2.24) is 30.0 Å². The third-order valence-electron chi connectivity index (χ3n) is 4.82. The topological polar surface area (TPSA) is 75.9 Å². The Morgan fingerprint density at radius 1 is 1.38 bits per heavy atom. The first kappa shape index (κ1) is 19.0. The minimum atomic E-state index is 0.0383. The van der Waals surface area contributed by atoms with Gasteiger partial charge in [0.05, 0.1) is 17.2 Å². The molecule has 0 bridgehead atoms. The Morgan fingerprint density at radius 2 is 2.12 bits per heavy atom. The molecule has 0 radical (unpaired) electrons. The van der Waals surface area contributed by atoms with Crippen molar-refractivity contribution in [2.24, 2.45) is 7.05 Å². The first-order valence-electron chi connectivity index (χ1n) is 9.11. The lowest BCUT2D eigenvalue weighted by atomic mass is 9.79.